The van der Waals surface area contributed by atoms with Gasteiger partial charge in [-0.05, 0) is 31.5 Å². The molecule has 4 aromatic rings. The minimum absolute atomic E-state index is 0.109. The van der Waals surface area contributed by atoms with E-state index in [-0.39, 0.29) is 24.3 Å². The fourth-order valence-corrected chi connectivity index (χ4v) is 4.37. The number of rotatable bonds is 4. The third-order valence-electron chi connectivity index (χ3n) is 5.62. The van der Waals surface area contributed by atoms with Gasteiger partial charge >= 0.3 is 5.69 Å². The predicted molar refractivity (Wildman–Crippen MR) is 113 cm³/mol. The normalized spacial score (nSPS) is 19.8. The van der Waals surface area contributed by atoms with Crippen molar-refractivity contribution in [1.29, 1.82) is 0 Å². The lowest BCUT2D eigenvalue weighted by molar-refractivity contribution is -0.0705. The molecule has 8 nitrogen and oxygen atoms in total. The van der Waals surface area contributed by atoms with Crippen molar-refractivity contribution in [3.63, 3.8) is 0 Å². The van der Waals surface area contributed by atoms with Gasteiger partial charge < -0.3 is 4.74 Å². The van der Waals surface area contributed by atoms with E-state index in [0.717, 1.165) is 30.8 Å². The Morgan fingerprint density at radius 1 is 1.06 bits per heavy atom. The maximum absolute atomic E-state index is 14.3. The average molecular weight is 440 g/mol. The fraction of sp³-hybridized carbons (Fsp3) is 0.364. The third-order valence-corrected chi connectivity index (χ3v) is 5.62. The first-order chi connectivity index (χ1) is 15.4. The van der Waals surface area contributed by atoms with E-state index in [9.17, 15) is 13.6 Å². The number of ether oxygens (including phenoxy) is 1. The van der Waals surface area contributed by atoms with Crippen molar-refractivity contribution >= 4 is 16.7 Å². The van der Waals surface area contributed by atoms with E-state index in [1.165, 1.54) is 21.5 Å². The number of hydrogen-bond donors (Lipinski definition) is 0. The number of hydrogen-bond acceptors (Lipinski definition) is 6. The summed E-state index contributed by atoms with van der Waals surface area (Å²) < 4.78 is 35.9. The molecule has 166 valence electrons. The highest BCUT2D eigenvalue weighted by molar-refractivity contribution is 5.89. The van der Waals surface area contributed by atoms with E-state index in [2.05, 4.69) is 20.0 Å². The Bertz CT molecular complexity index is 1360. The number of aromatic nitrogens is 5. The van der Waals surface area contributed by atoms with Gasteiger partial charge in [0.2, 0.25) is 0 Å². The molecule has 10 heteroatoms. The highest BCUT2D eigenvalue weighted by Gasteiger charge is 2.23. The summed E-state index contributed by atoms with van der Waals surface area (Å²) in [6, 6.07) is 5.22. The van der Waals surface area contributed by atoms with Crippen molar-refractivity contribution in [1.82, 2.24) is 29.0 Å². The third kappa shape index (κ3) is 3.76. The Balaban J connectivity index is 1.58. The van der Waals surface area contributed by atoms with E-state index in [1.807, 2.05) is 19.9 Å². The molecular formula is C22H22F2N6O2. The fourth-order valence-electron chi connectivity index (χ4n) is 4.37. The maximum Gasteiger partial charge on any atom is 0.352 e. The van der Waals surface area contributed by atoms with E-state index in [4.69, 9.17) is 4.74 Å². The van der Waals surface area contributed by atoms with Crippen molar-refractivity contribution in [2.24, 2.45) is 0 Å². The summed E-state index contributed by atoms with van der Waals surface area (Å²) >= 11 is 0. The SMILES string of the molecule is CC1CN(Cc2cnc3c(c2)c2ncnn2c(=O)n3Cc2ccc(F)cc2F)CC(C)O1. The first-order valence-electron chi connectivity index (χ1n) is 10.4. The molecule has 3 aromatic heterocycles. The quantitative estimate of drug-likeness (QED) is 0.485. The Morgan fingerprint density at radius 2 is 1.84 bits per heavy atom. The Kier molecular flexibility index (Phi) is 5.18. The summed E-state index contributed by atoms with van der Waals surface area (Å²) in [7, 11) is 0. The van der Waals surface area contributed by atoms with Crippen molar-refractivity contribution in [2.45, 2.75) is 39.1 Å². The molecule has 5 rings (SSSR count). The summed E-state index contributed by atoms with van der Waals surface area (Å²) in [5.41, 5.74) is 1.40. The number of morpholine rings is 1. The highest BCUT2D eigenvalue weighted by atomic mass is 19.1. The molecule has 0 amide bonds. The maximum atomic E-state index is 14.3. The van der Waals surface area contributed by atoms with Crippen LogP contribution in [0.2, 0.25) is 0 Å². The first-order valence-corrected chi connectivity index (χ1v) is 10.4. The number of pyridine rings is 1. The summed E-state index contributed by atoms with van der Waals surface area (Å²) in [6.45, 7) is 6.29. The molecule has 2 unspecified atom stereocenters. The Hall–Kier alpha value is -3.24. The highest BCUT2D eigenvalue weighted by Crippen LogP contribution is 2.21. The molecule has 2 atom stereocenters. The summed E-state index contributed by atoms with van der Waals surface area (Å²) in [5.74, 6) is -1.40. The predicted octanol–water partition coefficient (Wildman–Crippen LogP) is 2.37. The smallest absolute Gasteiger partial charge is 0.352 e. The lowest BCUT2D eigenvalue weighted by atomic mass is 10.1. The first kappa shape index (κ1) is 20.7. The molecule has 0 saturated carbocycles. The molecule has 0 bridgehead atoms. The van der Waals surface area contributed by atoms with Crippen molar-refractivity contribution in [2.75, 3.05) is 13.1 Å². The van der Waals surface area contributed by atoms with Crippen LogP contribution >= 0.6 is 0 Å². The van der Waals surface area contributed by atoms with Gasteiger partial charge in [0.25, 0.3) is 0 Å². The summed E-state index contributed by atoms with van der Waals surface area (Å²) in [6.07, 6.45) is 3.31. The summed E-state index contributed by atoms with van der Waals surface area (Å²) in [4.78, 5) is 24.1. The largest absolute Gasteiger partial charge is 0.373 e. The van der Waals surface area contributed by atoms with Gasteiger partial charge in [0.05, 0.1) is 24.1 Å². The van der Waals surface area contributed by atoms with Crippen LogP contribution in [0.1, 0.15) is 25.0 Å². The second kappa shape index (κ2) is 8.03. The molecule has 1 saturated heterocycles. The van der Waals surface area contributed by atoms with E-state index in [1.54, 1.807) is 6.20 Å². The van der Waals surface area contributed by atoms with Gasteiger partial charge in [0, 0.05) is 37.5 Å². The molecule has 1 aliphatic rings. The number of halogens is 2. The zero-order chi connectivity index (χ0) is 22.4. The minimum Gasteiger partial charge on any atom is -0.373 e. The molecule has 4 heterocycles. The average Bonchev–Trinajstić information content (AvgIpc) is 3.22. The van der Waals surface area contributed by atoms with Crippen molar-refractivity contribution in [3.05, 3.63) is 70.0 Å². The number of nitrogens with zero attached hydrogens (tertiary/aromatic N) is 6. The van der Waals surface area contributed by atoms with Crippen LogP contribution in [-0.4, -0.2) is 54.3 Å². The Labute approximate surface area is 182 Å². The second-order valence-electron chi connectivity index (χ2n) is 8.27. The van der Waals surface area contributed by atoms with Crippen LogP contribution < -0.4 is 5.69 Å². The van der Waals surface area contributed by atoms with Crippen LogP contribution in [0.4, 0.5) is 8.78 Å². The molecule has 1 fully saturated rings. The molecule has 0 aliphatic carbocycles. The van der Waals surface area contributed by atoms with E-state index < -0.39 is 17.3 Å². The monoisotopic (exact) mass is 440 g/mol. The van der Waals surface area contributed by atoms with Gasteiger partial charge in [-0.3, -0.25) is 9.47 Å². The van der Waals surface area contributed by atoms with Gasteiger partial charge in [-0.1, -0.05) is 6.07 Å². The molecule has 0 N–H and O–H groups in total. The van der Waals surface area contributed by atoms with Gasteiger partial charge in [0.1, 0.15) is 23.6 Å². The molecule has 0 spiro atoms. The van der Waals surface area contributed by atoms with Crippen LogP contribution in [0.25, 0.3) is 16.7 Å². The van der Waals surface area contributed by atoms with Gasteiger partial charge in [-0.25, -0.2) is 23.5 Å². The van der Waals surface area contributed by atoms with Crippen LogP contribution in [0.5, 0.6) is 0 Å². The van der Waals surface area contributed by atoms with Crippen molar-refractivity contribution < 1.29 is 13.5 Å². The van der Waals surface area contributed by atoms with Crippen molar-refractivity contribution in [3.8, 4) is 0 Å². The zero-order valence-corrected chi connectivity index (χ0v) is 17.7. The van der Waals surface area contributed by atoms with Crippen LogP contribution in [0.3, 0.4) is 0 Å². The van der Waals surface area contributed by atoms with E-state index >= 15 is 0 Å². The molecule has 1 aromatic carbocycles. The van der Waals surface area contributed by atoms with E-state index in [0.29, 0.717) is 23.2 Å². The Morgan fingerprint density at radius 3 is 2.59 bits per heavy atom. The number of fused-ring (bicyclic) bond motifs is 3. The van der Waals surface area contributed by atoms with Gasteiger partial charge in [-0.2, -0.15) is 9.61 Å². The lowest BCUT2D eigenvalue weighted by Gasteiger charge is -2.35. The number of benzene rings is 1. The van der Waals surface area contributed by atoms with Crippen LogP contribution in [0, 0.1) is 11.6 Å². The standard InChI is InChI=1S/C22H22F2N6O2/c1-13-8-28(9-14(2)32-13)10-15-5-18-20(25-7-15)29(22(31)30-21(18)26-12-27-30)11-16-3-4-17(23)6-19(16)24/h3-7,12-14H,8-11H2,1-2H3. The zero-order valence-electron chi connectivity index (χ0n) is 17.7. The topological polar surface area (TPSA) is 77.6 Å². The molecule has 32 heavy (non-hydrogen) atoms. The molecule has 1 aliphatic heterocycles. The van der Waals surface area contributed by atoms with Gasteiger partial charge in [0.15, 0.2) is 5.65 Å². The lowest BCUT2D eigenvalue weighted by Crippen LogP contribution is -2.44. The van der Waals surface area contributed by atoms with Gasteiger partial charge in [-0.15, -0.1) is 0 Å². The molecule has 0 radical (unpaired) electrons. The molecular weight excluding hydrogens is 418 g/mol. The second-order valence-corrected chi connectivity index (χ2v) is 8.27. The minimum atomic E-state index is -0.726. The van der Waals surface area contributed by atoms with Crippen LogP contribution in [0.15, 0.2) is 41.6 Å². The summed E-state index contributed by atoms with van der Waals surface area (Å²) in [5, 5.41) is 4.67. The van der Waals surface area contributed by atoms with Crippen LogP contribution in [-0.2, 0) is 17.8 Å².